The number of hydrogen-bond acceptors (Lipinski definition) is 3. The van der Waals surface area contributed by atoms with Gasteiger partial charge in [0.15, 0.2) is 0 Å². The van der Waals surface area contributed by atoms with Crippen molar-refractivity contribution in [2.45, 2.75) is 25.4 Å². The molecule has 0 aromatic carbocycles. The molecular formula is C10H14N2O2. The monoisotopic (exact) mass is 194 g/mol. The second-order valence-corrected chi connectivity index (χ2v) is 3.45. The van der Waals surface area contributed by atoms with Crippen LogP contribution < -0.4 is 10.6 Å². The lowest BCUT2D eigenvalue weighted by atomic mass is 10.2. The fourth-order valence-corrected chi connectivity index (χ4v) is 1.62. The zero-order valence-corrected chi connectivity index (χ0v) is 7.95. The lowest BCUT2D eigenvalue weighted by molar-refractivity contribution is -0.123. The van der Waals surface area contributed by atoms with Crippen LogP contribution in [0.5, 0.6) is 0 Å². The molecule has 14 heavy (non-hydrogen) atoms. The molecule has 1 aliphatic rings. The van der Waals surface area contributed by atoms with E-state index in [1.54, 1.807) is 6.26 Å². The van der Waals surface area contributed by atoms with Crippen LogP contribution in [0.1, 0.15) is 18.6 Å². The Hall–Kier alpha value is -1.29. The zero-order chi connectivity index (χ0) is 9.80. The minimum absolute atomic E-state index is 0.00929. The number of carbonyl (C=O) groups is 1. The summed E-state index contributed by atoms with van der Waals surface area (Å²) in [5.74, 6) is 0.857. The van der Waals surface area contributed by atoms with Crippen molar-refractivity contribution in [1.29, 1.82) is 0 Å². The number of amides is 1. The maximum absolute atomic E-state index is 11.5. The van der Waals surface area contributed by atoms with Gasteiger partial charge in [0.25, 0.3) is 0 Å². The first kappa shape index (κ1) is 9.27. The van der Waals surface area contributed by atoms with Gasteiger partial charge in [-0.05, 0) is 31.5 Å². The Labute approximate surface area is 82.7 Å². The first-order chi connectivity index (χ1) is 6.86. The summed E-state index contributed by atoms with van der Waals surface area (Å²) in [6.45, 7) is 1.42. The summed E-state index contributed by atoms with van der Waals surface area (Å²) in [4.78, 5) is 11.5. The Morgan fingerprint density at radius 1 is 1.71 bits per heavy atom. The summed E-state index contributed by atoms with van der Waals surface area (Å²) in [5, 5.41) is 5.98. The second kappa shape index (κ2) is 4.28. The maximum Gasteiger partial charge on any atom is 0.237 e. The first-order valence-corrected chi connectivity index (χ1v) is 4.90. The van der Waals surface area contributed by atoms with E-state index < -0.39 is 0 Å². The van der Waals surface area contributed by atoms with E-state index in [4.69, 9.17) is 4.42 Å². The van der Waals surface area contributed by atoms with Crippen LogP contribution in [-0.2, 0) is 11.3 Å². The largest absolute Gasteiger partial charge is 0.467 e. The van der Waals surface area contributed by atoms with Gasteiger partial charge in [0.2, 0.25) is 5.91 Å². The van der Waals surface area contributed by atoms with Crippen LogP contribution >= 0.6 is 0 Å². The first-order valence-electron chi connectivity index (χ1n) is 4.90. The molecule has 4 nitrogen and oxygen atoms in total. The molecule has 0 radical (unpaired) electrons. The third-order valence-corrected chi connectivity index (χ3v) is 2.39. The number of rotatable bonds is 3. The molecule has 1 aliphatic heterocycles. The Balaban J connectivity index is 1.77. The van der Waals surface area contributed by atoms with E-state index in [9.17, 15) is 4.79 Å². The molecule has 0 spiro atoms. The molecule has 2 rings (SSSR count). The average Bonchev–Trinajstić information content (AvgIpc) is 2.87. The van der Waals surface area contributed by atoms with Gasteiger partial charge in [-0.3, -0.25) is 4.79 Å². The van der Waals surface area contributed by atoms with Crippen LogP contribution in [0, 0.1) is 0 Å². The van der Waals surface area contributed by atoms with Gasteiger partial charge in [-0.25, -0.2) is 0 Å². The predicted molar refractivity (Wildman–Crippen MR) is 51.6 cm³/mol. The van der Waals surface area contributed by atoms with E-state index in [-0.39, 0.29) is 11.9 Å². The van der Waals surface area contributed by atoms with E-state index in [0.29, 0.717) is 6.54 Å². The highest BCUT2D eigenvalue weighted by Crippen LogP contribution is 2.05. The minimum Gasteiger partial charge on any atom is -0.467 e. The summed E-state index contributed by atoms with van der Waals surface area (Å²) in [7, 11) is 0. The van der Waals surface area contributed by atoms with Gasteiger partial charge in [-0.1, -0.05) is 0 Å². The predicted octanol–water partition coefficient (Wildman–Crippen LogP) is 0.648. The molecule has 1 atom stereocenters. The van der Waals surface area contributed by atoms with Crippen LogP contribution in [0.2, 0.25) is 0 Å². The highest BCUT2D eigenvalue weighted by Gasteiger charge is 2.21. The standard InChI is InChI=1S/C10H14N2O2/c13-10(9-4-1-5-11-9)12-7-8-3-2-6-14-8/h2-3,6,9,11H,1,4-5,7H2,(H,12,13). The molecule has 1 fully saturated rings. The summed E-state index contributed by atoms with van der Waals surface area (Å²) in [5.41, 5.74) is 0. The van der Waals surface area contributed by atoms with Crippen LogP contribution in [-0.4, -0.2) is 18.5 Å². The quantitative estimate of drug-likeness (QED) is 0.742. The normalized spacial score (nSPS) is 21.0. The second-order valence-electron chi connectivity index (χ2n) is 3.45. The van der Waals surface area contributed by atoms with Crippen molar-refractivity contribution in [2.75, 3.05) is 6.54 Å². The smallest absolute Gasteiger partial charge is 0.237 e. The molecule has 1 saturated heterocycles. The fraction of sp³-hybridized carbons (Fsp3) is 0.500. The van der Waals surface area contributed by atoms with Crippen molar-refractivity contribution in [3.63, 3.8) is 0 Å². The van der Waals surface area contributed by atoms with Crippen molar-refractivity contribution >= 4 is 5.91 Å². The number of carbonyl (C=O) groups excluding carboxylic acids is 1. The number of furan rings is 1. The van der Waals surface area contributed by atoms with E-state index >= 15 is 0 Å². The lowest BCUT2D eigenvalue weighted by Gasteiger charge is -2.09. The Kier molecular flexibility index (Phi) is 2.84. The van der Waals surface area contributed by atoms with E-state index in [2.05, 4.69) is 10.6 Å². The number of nitrogens with one attached hydrogen (secondary N) is 2. The SMILES string of the molecule is O=C(NCc1ccco1)C1CCCN1. The van der Waals surface area contributed by atoms with Crippen molar-refractivity contribution in [2.24, 2.45) is 0 Å². The summed E-state index contributed by atoms with van der Waals surface area (Å²) in [6, 6.07) is 3.66. The molecule has 1 amide bonds. The summed E-state index contributed by atoms with van der Waals surface area (Å²) in [6.07, 6.45) is 3.62. The maximum atomic E-state index is 11.5. The van der Waals surface area contributed by atoms with Crippen molar-refractivity contribution in [3.8, 4) is 0 Å². The van der Waals surface area contributed by atoms with Gasteiger partial charge >= 0.3 is 0 Å². The van der Waals surface area contributed by atoms with Crippen molar-refractivity contribution < 1.29 is 9.21 Å². The Morgan fingerprint density at radius 3 is 3.29 bits per heavy atom. The Bertz CT molecular complexity index is 289. The molecular weight excluding hydrogens is 180 g/mol. The van der Waals surface area contributed by atoms with E-state index in [0.717, 1.165) is 25.1 Å². The highest BCUT2D eigenvalue weighted by molar-refractivity contribution is 5.81. The topological polar surface area (TPSA) is 54.3 Å². The molecule has 1 aromatic rings. The molecule has 0 aliphatic carbocycles. The average molecular weight is 194 g/mol. The third-order valence-electron chi connectivity index (χ3n) is 2.39. The van der Waals surface area contributed by atoms with Gasteiger partial charge in [0.1, 0.15) is 5.76 Å². The molecule has 4 heteroatoms. The molecule has 1 unspecified atom stereocenters. The van der Waals surface area contributed by atoms with Gasteiger partial charge in [-0.2, -0.15) is 0 Å². The van der Waals surface area contributed by atoms with Crippen molar-refractivity contribution in [1.82, 2.24) is 10.6 Å². The van der Waals surface area contributed by atoms with Crippen LogP contribution in [0.25, 0.3) is 0 Å². The molecule has 2 heterocycles. The van der Waals surface area contributed by atoms with E-state index in [1.165, 1.54) is 0 Å². The summed E-state index contributed by atoms with van der Waals surface area (Å²) >= 11 is 0. The third kappa shape index (κ3) is 2.14. The van der Waals surface area contributed by atoms with Crippen LogP contribution in [0.4, 0.5) is 0 Å². The number of hydrogen-bond donors (Lipinski definition) is 2. The van der Waals surface area contributed by atoms with Crippen LogP contribution in [0.3, 0.4) is 0 Å². The van der Waals surface area contributed by atoms with Crippen LogP contribution in [0.15, 0.2) is 22.8 Å². The van der Waals surface area contributed by atoms with Gasteiger partial charge < -0.3 is 15.1 Å². The highest BCUT2D eigenvalue weighted by atomic mass is 16.3. The molecule has 76 valence electrons. The zero-order valence-electron chi connectivity index (χ0n) is 7.95. The van der Waals surface area contributed by atoms with Gasteiger partial charge in [0, 0.05) is 0 Å². The Morgan fingerprint density at radius 2 is 2.64 bits per heavy atom. The molecule has 1 aromatic heterocycles. The lowest BCUT2D eigenvalue weighted by Crippen LogP contribution is -2.39. The van der Waals surface area contributed by atoms with Crippen molar-refractivity contribution in [3.05, 3.63) is 24.2 Å². The van der Waals surface area contributed by atoms with Gasteiger partial charge in [-0.15, -0.1) is 0 Å². The minimum atomic E-state index is -0.00929. The fourth-order valence-electron chi connectivity index (χ4n) is 1.62. The molecule has 0 saturated carbocycles. The molecule has 0 bridgehead atoms. The summed E-state index contributed by atoms with van der Waals surface area (Å²) < 4.78 is 5.11. The van der Waals surface area contributed by atoms with Gasteiger partial charge in [0.05, 0.1) is 18.8 Å². The molecule has 2 N–H and O–H groups in total. The van der Waals surface area contributed by atoms with E-state index in [1.807, 2.05) is 12.1 Å².